The lowest BCUT2D eigenvalue weighted by Gasteiger charge is -2.44. The molecule has 0 unspecified atom stereocenters. The maximum atomic E-state index is 13.1. The third kappa shape index (κ3) is 4.37. The van der Waals surface area contributed by atoms with Gasteiger partial charge in [0.05, 0.1) is 41.3 Å². The number of pyridine rings is 1. The van der Waals surface area contributed by atoms with Crippen molar-refractivity contribution in [3.8, 4) is 6.07 Å². The average molecular weight is 451 g/mol. The van der Waals surface area contributed by atoms with Crippen LogP contribution in [0.2, 0.25) is 0 Å². The van der Waals surface area contributed by atoms with Gasteiger partial charge in [-0.15, -0.1) is 0 Å². The number of carbonyl (C=O) groups excluding carboxylic acids is 1. The van der Waals surface area contributed by atoms with Gasteiger partial charge in [0.1, 0.15) is 18.2 Å². The minimum atomic E-state index is -0.318. The number of carbonyl (C=O) groups is 1. The van der Waals surface area contributed by atoms with Gasteiger partial charge in [-0.25, -0.2) is 4.98 Å². The van der Waals surface area contributed by atoms with Crippen molar-refractivity contribution in [3.63, 3.8) is 0 Å². The zero-order valence-corrected chi connectivity index (χ0v) is 20.5. The summed E-state index contributed by atoms with van der Waals surface area (Å²) in [6.07, 6.45) is 3.72. The number of fused-ring (bicyclic) bond motifs is 1. The van der Waals surface area contributed by atoms with E-state index in [0.717, 1.165) is 22.6 Å². The number of amides is 1. The lowest BCUT2D eigenvalue weighted by atomic mass is 9.86. The second-order valence-corrected chi connectivity index (χ2v) is 10.4. The summed E-state index contributed by atoms with van der Waals surface area (Å²) in [5.74, 6) is 1.21. The summed E-state index contributed by atoms with van der Waals surface area (Å²) >= 11 is 0. The number of ether oxygens (including phenoxy) is 1. The number of anilines is 1. The Morgan fingerprint density at radius 1 is 1.24 bits per heavy atom. The van der Waals surface area contributed by atoms with E-state index in [0.29, 0.717) is 43.8 Å². The molecule has 2 aromatic heterocycles. The fourth-order valence-corrected chi connectivity index (χ4v) is 4.98. The molecule has 1 atom stereocenters. The van der Waals surface area contributed by atoms with Crippen molar-refractivity contribution in [2.45, 2.75) is 72.1 Å². The number of aromatic nitrogens is 1. The van der Waals surface area contributed by atoms with Crippen molar-refractivity contribution in [1.82, 2.24) is 9.88 Å². The number of hydrogen-bond acceptors (Lipinski definition) is 6. The first-order valence-electron chi connectivity index (χ1n) is 11.8. The first kappa shape index (κ1) is 23.3. The van der Waals surface area contributed by atoms with E-state index >= 15 is 0 Å². The second-order valence-electron chi connectivity index (χ2n) is 10.4. The van der Waals surface area contributed by atoms with E-state index in [4.69, 9.17) is 14.1 Å². The summed E-state index contributed by atoms with van der Waals surface area (Å²) in [6, 6.07) is 4.19. The van der Waals surface area contributed by atoms with Crippen molar-refractivity contribution >= 4 is 11.7 Å². The fraction of sp³-hybridized carbons (Fsp3) is 0.577. The Morgan fingerprint density at radius 2 is 2.00 bits per heavy atom. The molecular weight excluding hydrogens is 416 g/mol. The van der Waals surface area contributed by atoms with Crippen LogP contribution in [-0.4, -0.2) is 47.1 Å². The molecule has 0 spiro atoms. The molecule has 176 valence electrons. The van der Waals surface area contributed by atoms with Crippen LogP contribution in [0.25, 0.3) is 0 Å². The normalized spacial score (nSPS) is 20.2. The average Bonchev–Trinajstić information content (AvgIpc) is 3.31. The Kier molecular flexibility index (Phi) is 6.24. The van der Waals surface area contributed by atoms with Crippen molar-refractivity contribution in [3.05, 3.63) is 46.5 Å². The number of piperazine rings is 1. The van der Waals surface area contributed by atoms with Crippen LogP contribution < -0.4 is 4.90 Å². The van der Waals surface area contributed by atoms with E-state index in [2.05, 4.69) is 52.5 Å². The van der Waals surface area contributed by atoms with Crippen molar-refractivity contribution in [2.24, 2.45) is 5.92 Å². The Balaban J connectivity index is 1.73. The number of furan rings is 1. The molecular formula is C26H34N4O3. The van der Waals surface area contributed by atoms with Crippen molar-refractivity contribution in [1.29, 1.82) is 5.26 Å². The molecule has 0 saturated carbocycles. The number of nitriles is 1. The monoisotopic (exact) mass is 450 g/mol. The molecule has 7 heteroatoms. The van der Waals surface area contributed by atoms with Crippen LogP contribution >= 0.6 is 0 Å². The molecule has 2 aliphatic heterocycles. The van der Waals surface area contributed by atoms with Crippen LogP contribution in [0.1, 0.15) is 80.2 Å². The molecule has 4 rings (SSSR count). The van der Waals surface area contributed by atoms with E-state index in [1.54, 1.807) is 6.07 Å². The third-order valence-electron chi connectivity index (χ3n) is 6.81. The first-order chi connectivity index (χ1) is 15.6. The highest BCUT2D eigenvalue weighted by atomic mass is 16.5. The fourth-order valence-electron chi connectivity index (χ4n) is 4.98. The molecule has 1 amide bonds. The summed E-state index contributed by atoms with van der Waals surface area (Å²) in [5.41, 5.74) is 4.06. The predicted molar refractivity (Wildman–Crippen MR) is 126 cm³/mol. The summed E-state index contributed by atoms with van der Waals surface area (Å²) < 4.78 is 11.2. The number of hydrogen-bond donors (Lipinski definition) is 0. The molecule has 0 aromatic carbocycles. The zero-order chi connectivity index (χ0) is 23.9. The van der Waals surface area contributed by atoms with Crippen LogP contribution in [0.3, 0.4) is 0 Å². The summed E-state index contributed by atoms with van der Waals surface area (Å²) in [4.78, 5) is 22.3. The van der Waals surface area contributed by atoms with Crippen LogP contribution in [0.15, 0.2) is 23.0 Å². The van der Waals surface area contributed by atoms with E-state index in [9.17, 15) is 10.1 Å². The van der Waals surface area contributed by atoms with E-state index < -0.39 is 0 Å². The highest BCUT2D eigenvalue weighted by Crippen LogP contribution is 2.38. The summed E-state index contributed by atoms with van der Waals surface area (Å²) in [6.45, 7) is 15.0. The molecule has 1 fully saturated rings. The second kappa shape index (κ2) is 8.83. The zero-order valence-electron chi connectivity index (χ0n) is 20.5. The van der Waals surface area contributed by atoms with Crippen LogP contribution in [-0.2, 0) is 17.8 Å². The highest BCUT2D eigenvalue weighted by molar-refractivity contribution is 5.94. The lowest BCUT2D eigenvalue weighted by Crippen LogP contribution is -2.57. The van der Waals surface area contributed by atoms with E-state index in [1.807, 2.05) is 4.90 Å². The molecule has 0 aliphatic carbocycles. The summed E-state index contributed by atoms with van der Waals surface area (Å²) in [5, 5.41) is 10.2. The Morgan fingerprint density at radius 3 is 2.61 bits per heavy atom. The Bertz CT molecular complexity index is 1070. The minimum absolute atomic E-state index is 0.00722. The number of rotatable bonds is 4. The molecule has 0 radical (unpaired) electrons. The van der Waals surface area contributed by atoms with E-state index in [1.165, 1.54) is 12.5 Å². The number of nitrogens with zero attached hydrogens (tertiary/aromatic N) is 4. The highest BCUT2D eigenvalue weighted by Gasteiger charge is 2.37. The van der Waals surface area contributed by atoms with Gasteiger partial charge < -0.3 is 19.0 Å². The quantitative estimate of drug-likeness (QED) is 0.682. The van der Waals surface area contributed by atoms with Gasteiger partial charge in [-0.3, -0.25) is 4.79 Å². The van der Waals surface area contributed by atoms with Crippen molar-refractivity contribution < 1.29 is 13.9 Å². The predicted octanol–water partition coefficient (Wildman–Crippen LogP) is 4.51. The SMILES string of the molecule is CC(C)c1nc(N2CCN(C(=O)c3ccoc3)[C@H](C(C)C)C2)c(C#N)c2c1COC(C)(C)C2. The smallest absolute Gasteiger partial charge is 0.257 e. The standard InChI is InChI=1S/C26H34N4O3/c1-16(2)22-13-29(8-9-30(22)25(31)18-7-10-32-14-18)24-20(12-27)19-11-26(5,6)33-15-21(19)23(28-24)17(3)4/h7,10,14,16-17,22H,8-9,11,13,15H2,1-6H3/t22-/m0/s1. The largest absolute Gasteiger partial charge is 0.472 e. The molecule has 1 saturated heterocycles. The molecule has 2 aromatic rings. The molecule has 0 N–H and O–H groups in total. The maximum absolute atomic E-state index is 13.1. The van der Waals surface area contributed by atoms with Gasteiger partial charge >= 0.3 is 0 Å². The van der Waals surface area contributed by atoms with Gasteiger partial charge in [-0.05, 0) is 37.3 Å². The van der Waals surface area contributed by atoms with Gasteiger partial charge in [0.2, 0.25) is 0 Å². The van der Waals surface area contributed by atoms with Gasteiger partial charge in [-0.2, -0.15) is 5.26 Å². The molecule has 33 heavy (non-hydrogen) atoms. The maximum Gasteiger partial charge on any atom is 0.257 e. The van der Waals surface area contributed by atoms with E-state index in [-0.39, 0.29) is 29.4 Å². The molecule has 4 heterocycles. The van der Waals surface area contributed by atoms with Gasteiger partial charge in [0, 0.05) is 31.6 Å². The van der Waals surface area contributed by atoms with Crippen LogP contribution in [0.5, 0.6) is 0 Å². The molecule has 0 bridgehead atoms. The van der Waals surface area contributed by atoms with Gasteiger partial charge in [0.15, 0.2) is 0 Å². The van der Waals surface area contributed by atoms with Gasteiger partial charge in [-0.1, -0.05) is 27.7 Å². The third-order valence-corrected chi connectivity index (χ3v) is 6.81. The topological polar surface area (TPSA) is 82.6 Å². The Labute approximate surface area is 196 Å². The van der Waals surface area contributed by atoms with Crippen LogP contribution in [0, 0.1) is 17.2 Å². The van der Waals surface area contributed by atoms with Gasteiger partial charge in [0.25, 0.3) is 5.91 Å². The van der Waals surface area contributed by atoms with Crippen molar-refractivity contribution in [2.75, 3.05) is 24.5 Å². The molecule has 7 nitrogen and oxygen atoms in total. The first-order valence-corrected chi connectivity index (χ1v) is 11.8. The lowest BCUT2D eigenvalue weighted by molar-refractivity contribution is -0.0408. The summed E-state index contributed by atoms with van der Waals surface area (Å²) in [7, 11) is 0. The minimum Gasteiger partial charge on any atom is -0.472 e. The Hall–Kier alpha value is -2.85. The van der Waals surface area contributed by atoms with Crippen LogP contribution in [0.4, 0.5) is 5.82 Å². The molecule has 2 aliphatic rings.